The molecular weight excluding hydrogens is 665 g/mol. The van der Waals surface area contributed by atoms with Crippen LogP contribution in [0.15, 0.2) is 142 Å². The third-order valence-electron chi connectivity index (χ3n) is 10.3. The third kappa shape index (κ3) is 6.55. The van der Waals surface area contributed by atoms with E-state index in [2.05, 4.69) is 4.98 Å². The van der Waals surface area contributed by atoms with Crippen molar-refractivity contribution in [3.63, 3.8) is 0 Å². The molecule has 1 saturated carbocycles. The minimum Gasteiger partial charge on any atom is -0.358 e. The molecule has 1 saturated heterocycles. The molecule has 262 valence electrons. The number of H-pyrrole nitrogens is 1. The summed E-state index contributed by atoms with van der Waals surface area (Å²) in [5, 5.41) is -1.27. The molecule has 5 aromatic rings. The van der Waals surface area contributed by atoms with Gasteiger partial charge in [0.2, 0.25) is 0 Å². The molecule has 2 heterocycles. The van der Waals surface area contributed by atoms with Crippen LogP contribution in [0.5, 0.6) is 0 Å². The minimum absolute atomic E-state index is 0.0600. The number of aromatic nitrogens is 2. The number of carbonyl (C=O) groups excluding carboxylic acids is 1. The van der Waals surface area contributed by atoms with Crippen molar-refractivity contribution >= 4 is 15.6 Å². The first kappa shape index (κ1) is 34.5. The highest BCUT2D eigenvalue weighted by Crippen LogP contribution is 2.49. The summed E-state index contributed by atoms with van der Waals surface area (Å²) in [6, 6.07) is 37.0. The second-order valence-corrected chi connectivity index (χ2v) is 15.5. The molecule has 1 N–H and O–H groups in total. The fourth-order valence-electron chi connectivity index (χ4n) is 7.88. The molecule has 0 radical (unpaired) electrons. The predicted molar refractivity (Wildman–Crippen MR) is 193 cm³/mol. The van der Waals surface area contributed by atoms with Crippen LogP contribution in [0.2, 0.25) is 0 Å². The summed E-state index contributed by atoms with van der Waals surface area (Å²) < 4.78 is 45.0. The van der Waals surface area contributed by atoms with Gasteiger partial charge in [0.15, 0.2) is 9.84 Å². The third-order valence-corrected chi connectivity index (χ3v) is 12.6. The van der Waals surface area contributed by atoms with Gasteiger partial charge in [0.05, 0.1) is 11.5 Å². The Morgan fingerprint density at radius 1 is 0.784 bits per heavy atom. The molecule has 0 spiro atoms. The molecular formula is C41H40N2O7S. The number of sulfone groups is 1. The number of nitrogens with one attached hydrogen (secondary N) is 1. The highest BCUT2D eigenvalue weighted by Gasteiger charge is 2.57. The van der Waals surface area contributed by atoms with Crippen LogP contribution in [0, 0.1) is 18.8 Å². The second-order valence-electron chi connectivity index (χ2n) is 13.4. The number of aryl methyl sites for hydroxylation is 1. The van der Waals surface area contributed by atoms with Crippen molar-refractivity contribution in [2.24, 2.45) is 11.8 Å². The average molecular weight is 705 g/mol. The quantitative estimate of drug-likeness (QED) is 0.178. The van der Waals surface area contributed by atoms with Crippen molar-refractivity contribution in [3.05, 3.63) is 171 Å². The van der Waals surface area contributed by atoms with Gasteiger partial charge in [-0.05, 0) is 48.6 Å². The van der Waals surface area contributed by atoms with Gasteiger partial charge in [0.1, 0.15) is 29.0 Å². The molecule has 9 nitrogen and oxygen atoms in total. The fraction of sp³-hybridized carbons (Fsp3) is 0.293. The maximum atomic E-state index is 15.0. The normalized spacial score (nSPS) is 22.5. The predicted octanol–water partition coefficient (Wildman–Crippen LogP) is 5.97. The monoisotopic (exact) mass is 704 g/mol. The molecule has 1 aromatic heterocycles. The highest BCUT2D eigenvalue weighted by atomic mass is 32.2. The first-order valence-electron chi connectivity index (χ1n) is 17.3. The van der Waals surface area contributed by atoms with Crippen molar-refractivity contribution in [1.29, 1.82) is 0 Å². The first-order chi connectivity index (χ1) is 24.7. The molecule has 1 aliphatic heterocycles. The van der Waals surface area contributed by atoms with E-state index >= 15 is 0 Å². The van der Waals surface area contributed by atoms with Crippen LogP contribution in [-0.2, 0) is 29.7 Å². The maximum absolute atomic E-state index is 15.0. The lowest BCUT2D eigenvalue weighted by Gasteiger charge is -2.37. The number of rotatable bonds is 10. The number of hydrogen-bond donors (Lipinski definition) is 1. The number of benzene rings is 4. The van der Waals surface area contributed by atoms with Gasteiger partial charge in [-0.1, -0.05) is 115 Å². The summed E-state index contributed by atoms with van der Waals surface area (Å²) in [6.45, 7) is 1.67. The number of ether oxygens (including phenoxy) is 2. The Morgan fingerprint density at radius 3 is 1.88 bits per heavy atom. The second kappa shape index (κ2) is 14.4. The zero-order valence-electron chi connectivity index (χ0n) is 28.3. The SMILES string of the molecule is Cc1ccc(S(=O)(=O)[C@@H]2[C@@H]([C@@H]3CCCCC3=O)[C@H](n3ccc(=O)[nH]c3=O)O[C@@H]2COC(c2ccccc2)(c2ccccc2)c2ccccc2)cc1. The van der Waals surface area contributed by atoms with E-state index in [4.69, 9.17) is 9.47 Å². The van der Waals surface area contributed by atoms with E-state index in [-0.39, 0.29) is 17.3 Å². The van der Waals surface area contributed by atoms with E-state index in [1.165, 1.54) is 16.8 Å². The largest absolute Gasteiger partial charge is 0.358 e. The molecule has 0 bridgehead atoms. The maximum Gasteiger partial charge on any atom is 0.330 e. The average Bonchev–Trinajstić information content (AvgIpc) is 3.53. The molecule has 0 amide bonds. The summed E-state index contributed by atoms with van der Waals surface area (Å²) >= 11 is 0. The van der Waals surface area contributed by atoms with Gasteiger partial charge >= 0.3 is 5.69 Å². The van der Waals surface area contributed by atoms with Crippen molar-refractivity contribution in [2.75, 3.05) is 6.61 Å². The Bertz CT molecular complexity index is 2110. The smallest absolute Gasteiger partial charge is 0.330 e. The summed E-state index contributed by atoms with van der Waals surface area (Å²) in [5.41, 5.74) is 0.838. The summed E-state index contributed by atoms with van der Waals surface area (Å²) in [6.07, 6.45) is 1.24. The van der Waals surface area contributed by atoms with Crippen molar-refractivity contribution in [2.45, 2.75) is 60.7 Å². The summed E-state index contributed by atoms with van der Waals surface area (Å²) in [7, 11) is -4.19. The number of carbonyl (C=O) groups is 1. The molecule has 7 rings (SSSR count). The molecule has 0 unspecified atom stereocenters. The Hall–Kier alpha value is -4.90. The van der Waals surface area contributed by atoms with Crippen LogP contribution in [0.25, 0.3) is 0 Å². The van der Waals surface area contributed by atoms with Gasteiger partial charge in [-0.25, -0.2) is 13.2 Å². The summed E-state index contributed by atoms with van der Waals surface area (Å²) in [5.74, 6) is -1.70. The van der Waals surface area contributed by atoms with Crippen molar-refractivity contribution in [3.8, 4) is 0 Å². The lowest BCUT2D eigenvalue weighted by Crippen LogP contribution is -2.45. The van der Waals surface area contributed by atoms with E-state index in [9.17, 15) is 22.8 Å². The lowest BCUT2D eigenvalue weighted by atomic mass is 9.76. The van der Waals surface area contributed by atoms with Gasteiger partial charge < -0.3 is 9.47 Å². The topological polar surface area (TPSA) is 125 Å². The molecule has 2 fully saturated rings. The first-order valence-corrected chi connectivity index (χ1v) is 18.9. The number of ketones is 1. The van der Waals surface area contributed by atoms with Crippen LogP contribution in [0.1, 0.15) is 54.2 Å². The van der Waals surface area contributed by atoms with Crippen LogP contribution < -0.4 is 11.2 Å². The van der Waals surface area contributed by atoms with Crippen LogP contribution in [-0.4, -0.2) is 41.7 Å². The van der Waals surface area contributed by atoms with E-state index in [1.807, 2.05) is 97.9 Å². The van der Waals surface area contributed by atoms with Gasteiger partial charge in [0.25, 0.3) is 5.56 Å². The number of aromatic amines is 1. The van der Waals surface area contributed by atoms with Crippen molar-refractivity contribution in [1.82, 2.24) is 9.55 Å². The van der Waals surface area contributed by atoms with Crippen molar-refractivity contribution < 1.29 is 22.7 Å². The van der Waals surface area contributed by atoms with E-state index in [0.717, 1.165) is 28.7 Å². The molecule has 10 heteroatoms. The highest BCUT2D eigenvalue weighted by molar-refractivity contribution is 7.92. The van der Waals surface area contributed by atoms with E-state index in [1.54, 1.807) is 24.3 Å². The lowest BCUT2D eigenvalue weighted by molar-refractivity contribution is -0.129. The van der Waals surface area contributed by atoms with Gasteiger partial charge in [-0.15, -0.1) is 0 Å². The Balaban J connectivity index is 1.41. The zero-order chi connectivity index (χ0) is 35.6. The molecule has 2 aliphatic rings. The standard InChI is InChI=1S/C41H40N2O7S/c1-28-21-23-32(24-22-28)51(47,48)38-35(50-39(43-26-25-36(45)42-40(43)46)37(38)33-19-11-12-20-34(33)44)27-49-41(29-13-5-2-6-14-29,30-15-7-3-8-16-30)31-17-9-4-10-18-31/h2-10,13-18,21-26,33,35,37-39H,11-12,19-20,27H2,1H3,(H,42,45,46)/t33-,35-,37-,38+,39-/m1/s1. The van der Waals surface area contributed by atoms with Gasteiger partial charge in [0, 0.05) is 30.5 Å². The van der Waals surface area contributed by atoms with Gasteiger partial charge in [-0.2, -0.15) is 0 Å². The van der Waals surface area contributed by atoms with Gasteiger partial charge in [-0.3, -0.25) is 19.1 Å². The zero-order valence-corrected chi connectivity index (χ0v) is 29.1. The van der Waals surface area contributed by atoms with Crippen LogP contribution >= 0.6 is 0 Å². The van der Waals surface area contributed by atoms with E-state index in [0.29, 0.717) is 19.3 Å². The fourth-order valence-corrected chi connectivity index (χ4v) is 9.99. The molecule has 1 aliphatic carbocycles. The number of nitrogens with zero attached hydrogens (tertiary/aromatic N) is 1. The minimum atomic E-state index is -4.19. The number of Topliss-reactive ketones (excluding diaryl/α,β-unsaturated/α-hetero) is 1. The van der Waals surface area contributed by atoms with Crippen LogP contribution in [0.3, 0.4) is 0 Å². The number of hydrogen-bond acceptors (Lipinski definition) is 7. The molecule has 4 aromatic carbocycles. The Morgan fingerprint density at radius 2 is 1.35 bits per heavy atom. The van der Waals surface area contributed by atoms with E-state index < -0.39 is 56.1 Å². The Kier molecular flexibility index (Phi) is 9.74. The molecule has 5 atom stereocenters. The Labute approximate surface area is 296 Å². The van der Waals surface area contributed by atoms with Crippen LogP contribution in [0.4, 0.5) is 0 Å². The summed E-state index contributed by atoms with van der Waals surface area (Å²) in [4.78, 5) is 41.6. The molecule has 51 heavy (non-hydrogen) atoms.